The van der Waals surface area contributed by atoms with E-state index in [0.717, 1.165) is 30.4 Å². The highest BCUT2D eigenvalue weighted by atomic mass is 19.4. The van der Waals surface area contributed by atoms with Crippen LogP contribution in [0.4, 0.5) is 13.2 Å². The molecule has 0 fully saturated rings. The summed E-state index contributed by atoms with van der Waals surface area (Å²) in [6, 6.07) is 8.39. The molecule has 0 atom stereocenters. The second-order valence-electron chi connectivity index (χ2n) is 5.64. The predicted molar refractivity (Wildman–Crippen MR) is 83.8 cm³/mol. The Kier molecular flexibility index (Phi) is 6.19. The molecular weight excluding hydrogens is 303 g/mol. The Morgan fingerprint density at radius 3 is 2.26 bits per heavy atom. The summed E-state index contributed by atoms with van der Waals surface area (Å²) in [6.45, 7) is 2.39. The van der Waals surface area contributed by atoms with Crippen LogP contribution in [0.15, 0.2) is 30.3 Å². The van der Waals surface area contributed by atoms with Crippen molar-refractivity contribution in [1.82, 2.24) is 15.0 Å². The van der Waals surface area contributed by atoms with Gasteiger partial charge in [-0.15, -0.1) is 5.10 Å². The van der Waals surface area contributed by atoms with Gasteiger partial charge in [0, 0.05) is 12.1 Å². The van der Waals surface area contributed by atoms with Gasteiger partial charge in [0.05, 0.1) is 0 Å². The van der Waals surface area contributed by atoms with Gasteiger partial charge in [0.2, 0.25) is 0 Å². The average Bonchev–Trinajstić information content (AvgIpc) is 2.96. The molecule has 0 amide bonds. The maximum atomic E-state index is 13.4. The number of halogens is 3. The van der Waals surface area contributed by atoms with Crippen molar-refractivity contribution in [3.05, 3.63) is 36.0 Å². The van der Waals surface area contributed by atoms with E-state index in [9.17, 15) is 13.2 Å². The zero-order chi connectivity index (χ0) is 16.7. The van der Waals surface area contributed by atoms with Crippen molar-refractivity contribution >= 4 is 0 Å². The Morgan fingerprint density at radius 1 is 0.957 bits per heavy atom. The van der Waals surface area contributed by atoms with Crippen molar-refractivity contribution in [2.75, 3.05) is 0 Å². The van der Waals surface area contributed by atoms with Crippen LogP contribution in [0.25, 0.3) is 11.3 Å². The molecule has 0 spiro atoms. The molecule has 0 saturated heterocycles. The number of benzene rings is 1. The lowest BCUT2D eigenvalue weighted by Crippen LogP contribution is -2.16. The Hall–Kier alpha value is -1.85. The van der Waals surface area contributed by atoms with Crippen molar-refractivity contribution in [3.63, 3.8) is 0 Å². The third-order valence-electron chi connectivity index (χ3n) is 3.77. The van der Waals surface area contributed by atoms with E-state index in [2.05, 4.69) is 17.2 Å². The second-order valence-corrected chi connectivity index (χ2v) is 5.64. The molecule has 0 bridgehead atoms. The third-order valence-corrected chi connectivity index (χ3v) is 3.77. The standard InChI is InChI=1S/C17H22F3N3/c1-2-3-4-5-6-10-13-23-16(17(18,19)20)15(21-22-23)14-11-8-7-9-12-14/h7-9,11-12H,2-6,10,13H2,1H3. The van der Waals surface area contributed by atoms with E-state index < -0.39 is 11.9 Å². The zero-order valence-corrected chi connectivity index (χ0v) is 13.3. The van der Waals surface area contributed by atoms with Crippen molar-refractivity contribution in [3.8, 4) is 11.3 Å². The van der Waals surface area contributed by atoms with Crippen LogP contribution in [0, 0.1) is 0 Å². The van der Waals surface area contributed by atoms with Crippen molar-refractivity contribution < 1.29 is 13.2 Å². The minimum atomic E-state index is -4.46. The molecule has 0 aliphatic carbocycles. The minimum Gasteiger partial charge on any atom is -0.240 e. The van der Waals surface area contributed by atoms with Gasteiger partial charge in [0.15, 0.2) is 5.69 Å². The van der Waals surface area contributed by atoms with Crippen molar-refractivity contribution in [2.24, 2.45) is 0 Å². The number of rotatable bonds is 8. The van der Waals surface area contributed by atoms with Gasteiger partial charge < -0.3 is 0 Å². The predicted octanol–water partition coefficient (Wildman–Crippen LogP) is 5.32. The molecule has 0 N–H and O–H groups in total. The lowest BCUT2D eigenvalue weighted by Gasteiger charge is -2.11. The molecule has 3 nitrogen and oxygen atoms in total. The van der Waals surface area contributed by atoms with E-state index in [1.807, 2.05) is 0 Å². The molecule has 1 heterocycles. The first-order valence-electron chi connectivity index (χ1n) is 8.10. The van der Waals surface area contributed by atoms with Crippen LogP contribution in [0.5, 0.6) is 0 Å². The summed E-state index contributed by atoms with van der Waals surface area (Å²) in [5, 5.41) is 7.51. The summed E-state index contributed by atoms with van der Waals surface area (Å²) in [5.74, 6) is 0. The first-order chi connectivity index (χ1) is 11.0. The molecular formula is C17H22F3N3. The van der Waals surface area contributed by atoms with Gasteiger partial charge in [-0.3, -0.25) is 0 Å². The Bertz CT molecular complexity index is 591. The van der Waals surface area contributed by atoms with Gasteiger partial charge >= 0.3 is 6.18 Å². The molecule has 2 aromatic rings. The van der Waals surface area contributed by atoms with Crippen LogP contribution < -0.4 is 0 Å². The normalized spacial score (nSPS) is 11.8. The quantitative estimate of drug-likeness (QED) is 0.615. The second kappa shape index (κ2) is 8.13. The molecule has 0 unspecified atom stereocenters. The Balaban J connectivity index is 2.10. The Morgan fingerprint density at radius 2 is 1.61 bits per heavy atom. The van der Waals surface area contributed by atoms with E-state index >= 15 is 0 Å². The third kappa shape index (κ3) is 4.81. The summed E-state index contributed by atoms with van der Waals surface area (Å²) < 4.78 is 41.2. The van der Waals surface area contributed by atoms with Crippen LogP contribution in [0.3, 0.4) is 0 Å². The maximum absolute atomic E-state index is 13.4. The topological polar surface area (TPSA) is 30.7 Å². The summed E-state index contributed by atoms with van der Waals surface area (Å²) in [7, 11) is 0. The Labute approximate surface area is 134 Å². The lowest BCUT2D eigenvalue weighted by molar-refractivity contribution is -0.143. The molecule has 6 heteroatoms. The molecule has 2 rings (SSSR count). The van der Waals surface area contributed by atoms with Gasteiger partial charge in [0.1, 0.15) is 5.69 Å². The number of aromatic nitrogens is 3. The summed E-state index contributed by atoms with van der Waals surface area (Å²) in [6.07, 6.45) is 1.65. The average molecular weight is 325 g/mol. The van der Waals surface area contributed by atoms with E-state index in [1.54, 1.807) is 30.3 Å². The number of alkyl halides is 3. The highest BCUT2D eigenvalue weighted by molar-refractivity contribution is 5.61. The van der Waals surface area contributed by atoms with Crippen LogP contribution in [-0.2, 0) is 12.7 Å². The highest BCUT2D eigenvalue weighted by Crippen LogP contribution is 2.35. The number of aryl methyl sites for hydroxylation is 1. The van der Waals surface area contributed by atoms with Crippen LogP contribution >= 0.6 is 0 Å². The molecule has 0 radical (unpaired) electrons. The number of unbranched alkanes of at least 4 members (excludes halogenated alkanes) is 5. The van der Waals surface area contributed by atoms with Gasteiger partial charge in [0.25, 0.3) is 0 Å². The van der Waals surface area contributed by atoms with Crippen LogP contribution in [0.2, 0.25) is 0 Å². The smallest absolute Gasteiger partial charge is 0.240 e. The van der Waals surface area contributed by atoms with Gasteiger partial charge in [-0.05, 0) is 6.42 Å². The molecule has 0 aliphatic rings. The fourth-order valence-corrected chi connectivity index (χ4v) is 2.58. The van der Waals surface area contributed by atoms with Crippen LogP contribution in [-0.4, -0.2) is 15.0 Å². The number of nitrogens with zero attached hydrogens (tertiary/aromatic N) is 3. The summed E-state index contributed by atoms with van der Waals surface area (Å²) >= 11 is 0. The monoisotopic (exact) mass is 325 g/mol. The fourth-order valence-electron chi connectivity index (χ4n) is 2.58. The number of hydrogen-bond acceptors (Lipinski definition) is 2. The van der Waals surface area contributed by atoms with Gasteiger partial charge in [-0.2, -0.15) is 13.2 Å². The zero-order valence-electron chi connectivity index (χ0n) is 13.3. The SMILES string of the molecule is CCCCCCCCn1nnc(-c2ccccc2)c1C(F)(F)F. The van der Waals surface area contributed by atoms with Gasteiger partial charge in [-0.1, -0.05) is 74.6 Å². The molecule has 0 aliphatic heterocycles. The van der Waals surface area contributed by atoms with Crippen molar-refractivity contribution in [2.45, 2.75) is 58.2 Å². The first kappa shape index (κ1) is 17.5. The van der Waals surface area contributed by atoms with E-state index in [4.69, 9.17) is 0 Å². The molecule has 1 aromatic heterocycles. The van der Waals surface area contributed by atoms with E-state index in [1.165, 1.54) is 6.42 Å². The van der Waals surface area contributed by atoms with Crippen LogP contribution in [0.1, 0.15) is 51.1 Å². The summed E-state index contributed by atoms with van der Waals surface area (Å²) in [4.78, 5) is 0. The fraction of sp³-hybridized carbons (Fsp3) is 0.529. The number of hydrogen-bond donors (Lipinski definition) is 0. The van der Waals surface area contributed by atoms with E-state index in [-0.39, 0.29) is 12.2 Å². The molecule has 1 aromatic carbocycles. The van der Waals surface area contributed by atoms with E-state index in [0.29, 0.717) is 12.0 Å². The summed E-state index contributed by atoms with van der Waals surface area (Å²) in [5.41, 5.74) is -0.407. The largest absolute Gasteiger partial charge is 0.435 e. The minimum absolute atomic E-state index is 0.0934. The molecule has 0 saturated carbocycles. The van der Waals surface area contributed by atoms with Crippen molar-refractivity contribution in [1.29, 1.82) is 0 Å². The molecule has 23 heavy (non-hydrogen) atoms. The first-order valence-corrected chi connectivity index (χ1v) is 8.10. The maximum Gasteiger partial charge on any atom is 0.435 e. The lowest BCUT2D eigenvalue weighted by atomic mass is 10.1. The highest BCUT2D eigenvalue weighted by Gasteiger charge is 2.39. The molecule has 126 valence electrons. The van der Waals surface area contributed by atoms with Gasteiger partial charge in [-0.25, -0.2) is 4.68 Å².